The molecule has 1 aliphatic heterocycles. The SMILES string of the molecule is O=Cc1occc1CO.OC(O)C1CCCO1. The second-order valence-electron chi connectivity index (χ2n) is 3.55. The summed E-state index contributed by atoms with van der Waals surface area (Å²) in [6.07, 6.45) is 2.06. The molecule has 0 amide bonds. The fraction of sp³-hybridized carbons (Fsp3) is 0.545. The van der Waals surface area contributed by atoms with Gasteiger partial charge in [-0.15, -0.1) is 0 Å². The molecule has 1 aliphatic rings. The Labute approximate surface area is 98.4 Å². The third-order valence-corrected chi connectivity index (χ3v) is 2.36. The normalized spacial score (nSPS) is 18.9. The van der Waals surface area contributed by atoms with Gasteiger partial charge in [-0.1, -0.05) is 0 Å². The smallest absolute Gasteiger partial charge is 0.185 e. The van der Waals surface area contributed by atoms with Gasteiger partial charge in [0.1, 0.15) is 6.10 Å². The molecule has 17 heavy (non-hydrogen) atoms. The standard InChI is InChI=1S/C6H6O3.C5H10O3/c7-3-5-1-2-9-6(5)4-8;6-5(7)4-2-1-3-8-4/h1-2,4,7H,3H2;4-7H,1-3H2. The molecule has 1 saturated heterocycles. The van der Waals surface area contributed by atoms with Gasteiger partial charge in [0.05, 0.1) is 12.9 Å². The number of furan rings is 1. The van der Waals surface area contributed by atoms with E-state index in [1.807, 2.05) is 0 Å². The molecule has 6 heteroatoms. The lowest BCUT2D eigenvalue weighted by atomic mass is 10.2. The Morgan fingerprint density at radius 1 is 1.53 bits per heavy atom. The molecule has 1 aromatic heterocycles. The topological polar surface area (TPSA) is 100 Å². The third kappa shape index (κ3) is 4.27. The number of aldehydes is 1. The highest BCUT2D eigenvalue weighted by Gasteiger charge is 2.21. The summed E-state index contributed by atoms with van der Waals surface area (Å²) in [4.78, 5) is 10.0. The lowest BCUT2D eigenvalue weighted by Crippen LogP contribution is -2.23. The maximum atomic E-state index is 10.0. The van der Waals surface area contributed by atoms with Crippen molar-refractivity contribution in [1.29, 1.82) is 0 Å². The zero-order valence-electron chi connectivity index (χ0n) is 9.28. The monoisotopic (exact) mass is 244 g/mol. The minimum absolute atomic E-state index is 0.148. The number of aliphatic hydroxyl groups excluding tert-OH is 2. The van der Waals surface area contributed by atoms with Crippen LogP contribution in [0.3, 0.4) is 0 Å². The van der Waals surface area contributed by atoms with Crippen LogP contribution in [0.4, 0.5) is 0 Å². The van der Waals surface area contributed by atoms with Gasteiger partial charge in [-0.25, -0.2) is 0 Å². The Morgan fingerprint density at radius 2 is 2.29 bits per heavy atom. The van der Waals surface area contributed by atoms with Crippen LogP contribution in [-0.2, 0) is 11.3 Å². The number of ether oxygens (including phenoxy) is 1. The first-order valence-electron chi connectivity index (χ1n) is 5.29. The van der Waals surface area contributed by atoms with Crippen LogP contribution < -0.4 is 0 Å². The summed E-state index contributed by atoms with van der Waals surface area (Å²) in [5.41, 5.74) is 0.532. The molecule has 1 atom stereocenters. The number of carbonyl (C=O) groups excluding carboxylic acids is 1. The van der Waals surface area contributed by atoms with Crippen LogP contribution in [-0.4, -0.2) is 40.6 Å². The minimum Gasteiger partial charge on any atom is -0.461 e. The van der Waals surface area contributed by atoms with Gasteiger partial charge in [-0.3, -0.25) is 4.79 Å². The van der Waals surface area contributed by atoms with E-state index in [2.05, 4.69) is 4.42 Å². The lowest BCUT2D eigenvalue weighted by molar-refractivity contribution is -0.127. The Bertz CT molecular complexity index is 326. The summed E-state index contributed by atoms with van der Waals surface area (Å²) in [5.74, 6) is 0.206. The predicted octanol–water partition coefficient (Wildman–Crippen LogP) is 0.0605. The van der Waals surface area contributed by atoms with E-state index in [0.29, 0.717) is 18.5 Å². The molecule has 2 rings (SSSR count). The summed E-state index contributed by atoms with van der Waals surface area (Å²) in [7, 11) is 0. The van der Waals surface area contributed by atoms with Crippen molar-refractivity contribution in [3.8, 4) is 0 Å². The van der Waals surface area contributed by atoms with Gasteiger partial charge in [-0.05, 0) is 18.9 Å². The zero-order chi connectivity index (χ0) is 12.7. The van der Waals surface area contributed by atoms with Gasteiger partial charge in [0, 0.05) is 12.2 Å². The van der Waals surface area contributed by atoms with Gasteiger partial charge >= 0.3 is 0 Å². The Kier molecular flexibility index (Phi) is 5.85. The van der Waals surface area contributed by atoms with Crippen LogP contribution in [0.2, 0.25) is 0 Å². The largest absolute Gasteiger partial charge is 0.461 e. The molecular weight excluding hydrogens is 228 g/mol. The van der Waals surface area contributed by atoms with E-state index < -0.39 is 6.29 Å². The first-order valence-corrected chi connectivity index (χ1v) is 5.29. The van der Waals surface area contributed by atoms with Crippen molar-refractivity contribution in [1.82, 2.24) is 0 Å². The summed E-state index contributed by atoms with van der Waals surface area (Å²) in [6, 6.07) is 1.56. The van der Waals surface area contributed by atoms with Crippen molar-refractivity contribution in [3.63, 3.8) is 0 Å². The number of hydrogen-bond donors (Lipinski definition) is 3. The summed E-state index contributed by atoms with van der Waals surface area (Å²) >= 11 is 0. The van der Waals surface area contributed by atoms with Gasteiger partial charge in [-0.2, -0.15) is 0 Å². The van der Waals surface area contributed by atoms with Gasteiger partial charge in [0.25, 0.3) is 0 Å². The Morgan fingerprint density at radius 3 is 2.65 bits per heavy atom. The van der Waals surface area contributed by atoms with Crippen LogP contribution in [0.15, 0.2) is 16.7 Å². The average Bonchev–Trinajstić information content (AvgIpc) is 3.00. The fourth-order valence-corrected chi connectivity index (χ4v) is 1.42. The van der Waals surface area contributed by atoms with E-state index in [1.54, 1.807) is 6.07 Å². The average molecular weight is 244 g/mol. The lowest BCUT2D eigenvalue weighted by Gasteiger charge is -2.09. The molecule has 0 aliphatic carbocycles. The summed E-state index contributed by atoms with van der Waals surface area (Å²) < 4.78 is 9.59. The van der Waals surface area contributed by atoms with Crippen LogP contribution in [0, 0.1) is 0 Å². The molecule has 3 N–H and O–H groups in total. The molecule has 0 radical (unpaired) electrons. The van der Waals surface area contributed by atoms with Crippen LogP contribution in [0.1, 0.15) is 29.0 Å². The minimum atomic E-state index is -1.28. The van der Waals surface area contributed by atoms with Gasteiger partial charge < -0.3 is 24.5 Å². The van der Waals surface area contributed by atoms with Crippen molar-refractivity contribution in [2.45, 2.75) is 31.8 Å². The van der Waals surface area contributed by atoms with Crippen molar-refractivity contribution in [2.24, 2.45) is 0 Å². The van der Waals surface area contributed by atoms with E-state index in [4.69, 9.17) is 20.1 Å². The number of rotatable bonds is 3. The van der Waals surface area contributed by atoms with Crippen molar-refractivity contribution in [2.75, 3.05) is 6.61 Å². The highest BCUT2D eigenvalue weighted by Crippen LogP contribution is 2.13. The van der Waals surface area contributed by atoms with E-state index in [-0.39, 0.29) is 18.5 Å². The third-order valence-electron chi connectivity index (χ3n) is 2.36. The van der Waals surface area contributed by atoms with Crippen LogP contribution >= 0.6 is 0 Å². The molecule has 0 spiro atoms. The fourth-order valence-electron chi connectivity index (χ4n) is 1.42. The van der Waals surface area contributed by atoms with Crippen molar-refractivity contribution in [3.05, 3.63) is 23.7 Å². The van der Waals surface area contributed by atoms with Gasteiger partial charge in [0.15, 0.2) is 18.3 Å². The Hall–Kier alpha value is -1.21. The Balaban J connectivity index is 0.000000171. The molecule has 0 aromatic carbocycles. The van der Waals surface area contributed by atoms with Gasteiger partial charge in [0.2, 0.25) is 0 Å². The van der Waals surface area contributed by atoms with E-state index >= 15 is 0 Å². The molecule has 1 fully saturated rings. The number of hydrogen-bond acceptors (Lipinski definition) is 6. The van der Waals surface area contributed by atoms with Crippen LogP contribution in [0.5, 0.6) is 0 Å². The predicted molar refractivity (Wildman–Crippen MR) is 57.2 cm³/mol. The second-order valence-corrected chi connectivity index (χ2v) is 3.55. The molecule has 0 saturated carbocycles. The highest BCUT2D eigenvalue weighted by molar-refractivity contribution is 5.72. The number of carbonyl (C=O) groups is 1. The van der Waals surface area contributed by atoms with E-state index in [0.717, 1.165) is 12.8 Å². The molecule has 0 bridgehead atoms. The highest BCUT2D eigenvalue weighted by atomic mass is 16.6. The maximum Gasteiger partial charge on any atom is 0.185 e. The quantitative estimate of drug-likeness (QED) is 0.513. The zero-order valence-corrected chi connectivity index (χ0v) is 9.28. The molecule has 1 unspecified atom stereocenters. The molecule has 2 heterocycles. The van der Waals surface area contributed by atoms with Crippen LogP contribution in [0.25, 0.3) is 0 Å². The van der Waals surface area contributed by atoms with Crippen molar-refractivity contribution < 1.29 is 29.3 Å². The summed E-state index contributed by atoms with van der Waals surface area (Å²) in [6.45, 7) is 0.521. The summed E-state index contributed by atoms with van der Waals surface area (Å²) in [5, 5.41) is 25.5. The first-order chi connectivity index (χ1) is 8.19. The maximum absolute atomic E-state index is 10.0. The van der Waals surface area contributed by atoms with E-state index in [9.17, 15) is 4.79 Å². The molecule has 96 valence electrons. The van der Waals surface area contributed by atoms with E-state index in [1.165, 1.54) is 6.26 Å². The molecule has 6 nitrogen and oxygen atoms in total. The van der Waals surface area contributed by atoms with Crippen molar-refractivity contribution >= 4 is 6.29 Å². The second kappa shape index (κ2) is 7.18. The molecule has 1 aromatic rings. The molecular formula is C11H16O6. The number of aliphatic hydroxyl groups is 3. The first kappa shape index (κ1) is 13.9.